The Balaban J connectivity index is 1.54. The fourth-order valence-electron chi connectivity index (χ4n) is 3.49. The number of benzene rings is 2. The van der Waals surface area contributed by atoms with Crippen molar-refractivity contribution in [3.63, 3.8) is 0 Å². The van der Waals surface area contributed by atoms with Crippen molar-refractivity contribution >= 4 is 27.2 Å². The predicted molar refractivity (Wildman–Crippen MR) is 126 cm³/mol. The molecule has 0 bridgehead atoms. The summed E-state index contributed by atoms with van der Waals surface area (Å²) in [6.07, 6.45) is 3.18. The molecular weight excluding hydrogens is 424 g/mol. The molecule has 0 fully saturated rings. The smallest absolute Gasteiger partial charge is 0.261 e. The van der Waals surface area contributed by atoms with Gasteiger partial charge in [0.05, 0.1) is 28.6 Å². The van der Waals surface area contributed by atoms with E-state index in [9.17, 15) is 13.5 Å². The first-order valence-corrected chi connectivity index (χ1v) is 11.6. The molecule has 0 spiro atoms. The topological polar surface area (TPSA) is 104 Å². The zero-order valence-corrected chi connectivity index (χ0v) is 18.6. The van der Waals surface area contributed by atoms with Crippen LogP contribution in [0.15, 0.2) is 83.1 Å². The summed E-state index contributed by atoms with van der Waals surface area (Å²) in [5.74, 6) is 0.853. The van der Waals surface area contributed by atoms with Crippen LogP contribution in [0.25, 0.3) is 11.1 Å². The lowest BCUT2D eigenvalue weighted by atomic mass is 10.0. The van der Waals surface area contributed by atoms with Gasteiger partial charge in [-0.1, -0.05) is 24.8 Å². The van der Waals surface area contributed by atoms with E-state index in [-0.39, 0.29) is 4.90 Å². The first kappa shape index (κ1) is 21.7. The number of pyridine rings is 1. The molecule has 0 saturated heterocycles. The molecule has 2 heterocycles. The molecule has 3 aromatic rings. The number of aromatic nitrogens is 1. The van der Waals surface area contributed by atoms with Crippen molar-refractivity contribution in [1.29, 1.82) is 0 Å². The van der Waals surface area contributed by atoms with E-state index in [1.165, 1.54) is 18.3 Å². The molecule has 7 nitrogen and oxygen atoms in total. The highest BCUT2D eigenvalue weighted by molar-refractivity contribution is 7.92. The van der Waals surface area contributed by atoms with Gasteiger partial charge in [-0.25, -0.2) is 13.4 Å². The van der Waals surface area contributed by atoms with Crippen molar-refractivity contribution in [2.24, 2.45) is 4.99 Å². The first-order valence-electron chi connectivity index (χ1n) is 10.1. The van der Waals surface area contributed by atoms with E-state index in [0.717, 1.165) is 33.9 Å². The van der Waals surface area contributed by atoms with Crippen LogP contribution in [0.3, 0.4) is 0 Å². The maximum atomic E-state index is 12.8. The highest BCUT2D eigenvalue weighted by atomic mass is 32.2. The number of aliphatic hydroxyl groups is 1. The molecular formula is C24H24N4O3S. The Bertz CT molecular complexity index is 1310. The summed E-state index contributed by atoms with van der Waals surface area (Å²) in [5.41, 5.74) is 5.54. The molecule has 0 radical (unpaired) electrons. The maximum Gasteiger partial charge on any atom is 0.261 e. The summed E-state index contributed by atoms with van der Waals surface area (Å²) >= 11 is 0. The molecule has 4 rings (SSSR count). The van der Waals surface area contributed by atoms with Gasteiger partial charge in [0.15, 0.2) is 0 Å². The third-order valence-corrected chi connectivity index (χ3v) is 6.44. The molecule has 1 aromatic heterocycles. The lowest BCUT2D eigenvalue weighted by Gasteiger charge is -2.11. The van der Waals surface area contributed by atoms with Crippen LogP contribution in [0.5, 0.6) is 0 Å². The summed E-state index contributed by atoms with van der Waals surface area (Å²) in [7, 11) is -3.79. The van der Waals surface area contributed by atoms with Gasteiger partial charge in [0.25, 0.3) is 10.0 Å². The Labute approximate surface area is 187 Å². The second kappa shape index (κ2) is 8.57. The van der Waals surface area contributed by atoms with Crippen LogP contribution in [0, 0.1) is 0 Å². The summed E-state index contributed by atoms with van der Waals surface area (Å²) in [4.78, 5) is 8.89. The van der Waals surface area contributed by atoms with E-state index in [2.05, 4.69) is 26.6 Å². The van der Waals surface area contributed by atoms with Gasteiger partial charge < -0.3 is 10.4 Å². The van der Waals surface area contributed by atoms with Gasteiger partial charge in [0, 0.05) is 23.9 Å². The van der Waals surface area contributed by atoms with Crippen molar-refractivity contribution in [3.05, 3.63) is 84.3 Å². The molecule has 0 saturated carbocycles. The largest absolute Gasteiger partial charge is 0.389 e. The number of rotatable bonds is 6. The van der Waals surface area contributed by atoms with Crippen LogP contribution in [0.2, 0.25) is 0 Å². The monoisotopic (exact) mass is 448 g/mol. The number of aliphatic hydroxyl groups excluding tert-OH is 1. The van der Waals surface area contributed by atoms with Gasteiger partial charge >= 0.3 is 0 Å². The van der Waals surface area contributed by atoms with Crippen molar-refractivity contribution in [1.82, 2.24) is 10.3 Å². The van der Waals surface area contributed by atoms with E-state index in [1.54, 1.807) is 31.3 Å². The molecule has 1 unspecified atom stereocenters. The number of nitrogens with one attached hydrogen (secondary N) is 2. The Morgan fingerprint density at radius 1 is 1.09 bits per heavy atom. The Kier molecular flexibility index (Phi) is 5.82. The van der Waals surface area contributed by atoms with Crippen LogP contribution < -0.4 is 10.0 Å². The average molecular weight is 449 g/mol. The molecule has 8 heteroatoms. The standard InChI is InChI=1S/C24H24N4O3S/c1-15(2)26-24-12-19-10-18(6-9-23(19)27-24)20-11-21(14-25-13-20)28-32(30,31)22-7-4-17(5-8-22)16(3)29/h4-11,13-14,16,28-29H,1,12H2,2-3H3,(H,26,27). The van der Waals surface area contributed by atoms with Crippen molar-refractivity contribution in [3.8, 4) is 11.1 Å². The molecule has 0 aliphatic carbocycles. The summed E-state index contributed by atoms with van der Waals surface area (Å²) < 4.78 is 28.1. The number of aliphatic imine (C=N–C) groups is 1. The van der Waals surface area contributed by atoms with Gasteiger partial charge in [0.2, 0.25) is 0 Å². The van der Waals surface area contributed by atoms with Crippen LogP contribution in [-0.4, -0.2) is 24.3 Å². The summed E-state index contributed by atoms with van der Waals surface area (Å²) in [6.45, 7) is 7.36. The third kappa shape index (κ3) is 4.71. The third-order valence-electron chi connectivity index (χ3n) is 5.05. The summed E-state index contributed by atoms with van der Waals surface area (Å²) in [6, 6.07) is 13.8. The van der Waals surface area contributed by atoms with E-state index in [1.807, 2.05) is 25.1 Å². The SMILES string of the molecule is C=C(C)NC1=Nc2ccc(-c3cncc(NS(=O)(=O)c4ccc(C(C)O)cc4)c3)cc2C1. The maximum absolute atomic E-state index is 12.8. The van der Waals surface area contributed by atoms with Crippen LogP contribution in [0.4, 0.5) is 11.4 Å². The van der Waals surface area contributed by atoms with Crippen LogP contribution >= 0.6 is 0 Å². The van der Waals surface area contributed by atoms with Gasteiger partial charge in [0.1, 0.15) is 5.84 Å². The number of fused-ring (bicyclic) bond motifs is 1. The normalized spacial score (nSPS) is 13.8. The van der Waals surface area contributed by atoms with Crippen molar-refractivity contribution < 1.29 is 13.5 Å². The average Bonchev–Trinajstić information content (AvgIpc) is 3.14. The Morgan fingerprint density at radius 3 is 2.53 bits per heavy atom. The zero-order chi connectivity index (χ0) is 22.9. The predicted octanol–water partition coefficient (Wildman–Crippen LogP) is 4.31. The van der Waals surface area contributed by atoms with Gasteiger partial charge in [-0.05, 0) is 60.9 Å². The van der Waals surface area contributed by atoms with Crippen LogP contribution in [-0.2, 0) is 16.4 Å². The number of allylic oxidation sites excluding steroid dienone is 1. The van der Waals surface area contributed by atoms with Crippen molar-refractivity contribution in [2.75, 3.05) is 4.72 Å². The fraction of sp³-hybridized carbons (Fsp3) is 0.167. The highest BCUT2D eigenvalue weighted by Gasteiger charge is 2.17. The first-order chi connectivity index (χ1) is 15.2. The van der Waals surface area contributed by atoms with Gasteiger partial charge in [-0.15, -0.1) is 0 Å². The minimum absolute atomic E-state index is 0.111. The molecule has 164 valence electrons. The quantitative estimate of drug-likeness (QED) is 0.521. The molecule has 3 N–H and O–H groups in total. The molecule has 1 atom stereocenters. The Morgan fingerprint density at radius 2 is 1.84 bits per heavy atom. The lowest BCUT2D eigenvalue weighted by molar-refractivity contribution is 0.199. The van der Waals surface area contributed by atoms with E-state index in [0.29, 0.717) is 17.7 Å². The summed E-state index contributed by atoms with van der Waals surface area (Å²) in [5, 5.41) is 12.8. The van der Waals surface area contributed by atoms with Gasteiger partial charge in [-0.2, -0.15) is 0 Å². The molecule has 2 aromatic carbocycles. The van der Waals surface area contributed by atoms with E-state index >= 15 is 0 Å². The van der Waals surface area contributed by atoms with Crippen LogP contribution in [0.1, 0.15) is 31.1 Å². The molecule has 1 aliphatic heterocycles. The highest BCUT2D eigenvalue weighted by Crippen LogP contribution is 2.32. The number of nitrogens with zero attached hydrogens (tertiary/aromatic N) is 2. The zero-order valence-electron chi connectivity index (χ0n) is 17.8. The minimum atomic E-state index is -3.79. The number of sulfonamides is 1. The molecule has 0 amide bonds. The second-order valence-corrected chi connectivity index (χ2v) is 9.48. The van der Waals surface area contributed by atoms with Crippen molar-refractivity contribution in [2.45, 2.75) is 31.3 Å². The van der Waals surface area contributed by atoms with E-state index < -0.39 is 16.1 Å². The molecule has 32 heavy (non-hydrogen) atoms. The fourth-order valence-corrected chi connectivity index (χ4v) is 4.53. The lowest BCUT2D eigenvalue weighted by Crippen LogP contribution is -2.20. The Hall–Kier alpha value is -3.49. The number of anilines is 1. The second-order valence-electron chi connectivity index (χ2n) is 7.80. The number of amidine groups is 1. The van der Waals surface area contributed by atoms with Gasteiger partial charge in [-0.3, -0.25) is 9.71 Å². The number of hydrogen-bond acceptors (Lipinski definition) is 6. The number of hydrogen-bond donors (Lipinski definition) is 3. The minimum Gasteiger partial charge on any atom is -0.389 e. The van der Waals surface area contributed by atoms with E-state index in [4.69, 9.17) is 0 Å². The molecule has 1 aliphatic rings.